The summed E-state index contributed by atoms with van der Waals surface area (Å²) in [5.74, 6) is 6.00. The molecule has 8 bridgehead atoms. The van der Waals surface area contributed by atoms with Gasteiger partial charge >= 0.3 is 0 Å². The molecule has 8 fully saturated rings. The van der Waals surface area contributed by atoms with E-state index in [0.717, 1.165) is 58.8 Å². The average molecular weight is 587 g/mol. The monoisotopic (exact) mass is 586 g/mol. The van der Waals surface area contributed by atoms with E-state index in [-0.39, 0.29) is 0 Å². The fourth-order valence-corrected chi connectivity index (χ4v) is 12.1. The van der Waals surface area contributed by atoms with E-state index in [1.165, 1.54) is 116 Å². The molecule has 0 saturated heterocycles. The zero-order chi connectivity index (χ0) is 27.7. The van der Waals surface area contributed by atoms with Crippen molar-refractivity contribution < 1.29 is 0 Å². The first-order chi connectivity index (χ1) is 19.3. The molecule has 2 atom stereocenters. The Balaban J connectivity index is 0.769. The van der Waals surface area contributed by atoms with Crippen LogP contribution in [0, 0.1) is 46.3 Å². The third-order valence-electron chi connectivity index (χ3n) is 12.9. The van der Waals surface area contributed by atoms with Gasteiger partial charge in [-0.3, -0.25) is 0 Å². The summed E-state index contributed by atoms with van der Waals surface area (Å²) in [6, 6.07) is 1.02. The van der Waals surface area contributed by atoms with Crippen molar-refractivity contribution in [2.45, 2.75) is 142 Å². The third-order valence-corrected chi connectivity index (χ3v) is 13.4. The minimum absolute atomic E-state index is 0.512. The van der Waals surface area contributed by atoms with Gasteiger partial charge in [0.05, 0.1) is 0 Å². The Morgan fingerprint density at radius 1 is 0.525 bits per heavy atom. The highest BCUT2D eigenvalue weighted by Crippen LogP contribution is 2.62. The molecule has 0 aliphatic heterocycles. The number of nitrogens with one attached hydrogen (secondary N) is 4. The van der Waals surface area contributed by atoms with Gasteiger partial charge in [0.2, 0.25) is 0 Å². The first-order valence-corrected chi connectivity index (χ1v) is 18.2. The Labute approximate surface area is 256 Å². The van der Waals surface area contributed by atoms with Gasteiger partial charge in [0.15, 0.2) is 10.2 Å². The van der Waals surface area contributed by atoms with E-state index in [9.17, 15) is 0 Å². The second kappa shape index (κ2) is 12.5. The van der Waals surface area contributed by atoms with E-state index >= 15 is 0 Å². The first-order valence-electron chi connectivity index (χ1n) is 17.4. The van der Waals surface area contributed by atoms with E-state index in [2.05, 4.69) is 35.1 Å². The highest BCUT2D eigenvalue weighted by Gasteiger charge is 2.54. The molecule has 0 aromatic heterocycles. The lowest BCUT2D eigenvalue weighted by Crippen LogP contribution is -2.57. The first kappa shape index (κ1) is 29.5. The summed E-state index contributed by atoms with van der Waals surface area (Å²) in [6.07, 6.45) is 25.3. The van der Waals surface area contributed by atoms with E-state index in [0.29, 0.717) is 22.9 Å². The van der Waals surface area contributed by atoms with E-state index < -0.39 is 0 Å². The molecule has 0 spiro atoms. The van der Waals surface area contributed by atoms with E-state index in [4.69, 9.17) is 24.4 Å². The van der Waals surface area contributed by atoms with Gasteiger partial charge in [-0.1, -0.05) is 25.7 Å². The Bertz CT molecular complexity index is 760. The second-order valence-electron chi connectivity index (χ2n) is 15.9. The Kier molecular flexibility index (Phi) is 9.24. The SMILES string of the molecule is CC(NC(=S)NCCCCCCCCNC(=S)NC(C)C12CC3CC(CC(C3)C1)C2)C12CC3CC(CC(C3)C1)C2. The van der Waals surface area contributed by atoms with Crippen LogP contribution in [0.4, 0.5) is 0 Å². The standard InChI is InChI=1S/C34H58N4S2/c1-23(33-17-25-11-26(18-33)13-27(12-25)19-33)37-31(39)35-9-7-5-3-4-6-8-10-36-32(40)38-24(2)34-20-28-14-29(21-34)16-30(15-28)22-34/h23-30H,3-22H2,1-2H3,(H2,35,37,39)(H2,36,38,40). The second-order valence-corrected chi connectivity index (χ2v) is 16.7. The van der Waals surface area contributed by atoms with Crippen LogP contribution in [-0.2, 0) is 0 Å². The Morgan fingerprint density at radius 3 is 1.10 bits per heavy atom. The molecule has 0 aromatic rings. The van der Waals surface area contributed by atoms with Crippen LogP contribution in [0.2, 0.25) is 0 Å². The summed E-state index contributed by atoms with van der Waals surface area (Å²) >= 11 is 11.4. The Hall–Kier alpha value is -0.620. The predicted molar refractivity (Wildman–Crippen MR) is 175 cm³/mol. The molecular formula is C34H58N4S2. The van der Waals surface area contributed by atoms with Gasteiger partial charge in [0, 0.05) is 25.2 Å². The molecular weight excluding hydrogens is 529 g/mol. The molecule has 0 amide bonds. The van der Waals surface area contributed by atoms with Gasteiger partial charge in [0.1, 0.15) is 0 Å². The van der Waals surface area contributed by atoms with Crippen molar-refractivity contribution in [2.75, 3.05) is 13.1 Å². The third kappa shape index (κ3) is 6.63. The van der Waals surface area contributed by atoms with Crippen molar-refractivity contribution in [2.24, 2.45) is 46.3 Å². The van der Waals surface area contributed by atoms with Crippen LogP contribution < -0.4 is 21.3 Å². The van der Waals surface area contributed by atoms with Crippen molar-refractivity contribution in [1.82, 2.24) is 21.3 Å². The number of hydrogen-bond donors (Lipinski definition) is 4. The molecule has 2 unspecified atom stereocenters. The number of rotatable bonds is 13. The molecule has 8 aliphatic carbocycles. The summed E-state index contributed by atoms with van der Waals surface area (Å²) in [5, 5.41) is 16.2. The van der Waals surface area contributed by atoms with Crippen LogP contribution in [0.3, 0.4) is 0 Å². The van der Waals surface area contributed by atoms with Crippen molar-refractivity contribution in [3.8, 4) is 0 Å². The molecule has 6 heteroatoms. The molecule has 0 aromatic carbocycles. The lowest BCUT2D eigenvalue weighted by Gasteiger charge is -2.59. The maximum absolute atomic E-state index is 5.70. The fraction of sp³-hybridized carbons (Fsp3) is 0.941. The van der Waals surface area contributed by atoms with Crippen molar-refractivity contribution in [3.63, 3.8) is 0 Å². The molecule has 8 rings (SSSR count). The normalized spacial score (nSPS) is 40.0. The van der Waals surface area contributed by atoms with Gasteiger partial charge in [-0.2, -0.15) is 0 Å². The maximum atomic E-state index is 5.70. The van der Waals surface area contributed by atoms with Crippen LogP contribution in [0.15, 0.2) is 0 Å². The predicted octanol–water partition coefficient (Wildman–Crippen LogP) is 7.47. The molecule has 40 heavy (non-hydrogen) atoms. The number of unbranched alkanes of at least 4 members (excludes halogenated alkanes) is 5. The minimum Gasteiger partial charge on any atom is -0.363 e. The lowest BCUT2D eigenvalue weighted by molar-refractivity contribution is -0.0673. The van der Waals surface area contributed by atoms with Crippen LogP contribution in [-0.4, -0.2) is 35.4 Å². The summed E-state index contributed by atoms with van der Waals surface area (Å²) in [6.45, 7) is 6.82. The van der Waals surface area contributed by atoms with Crippen LogP contribution in [0.25, 0.3) is 0 Å². The van der Waals surface area contributed by atoms with Gasteiger partial charge in [-0.05, 0) is 175 Å². The van der Waals surface area contributed by atoms with E-state index in [1.807, 2.05) is 0 Å². The summed E-state index contributed by atoms with van der Waals surface area (Å²) in [5.41, 5.74) is 1.03. The Morgan fingerprint density at radius 2 is 0.800 bits per heavy atom. The van der Waals surface area contributed by atoms with Gasteiger partial charge < -0.3 is 21.3 Å². The van der Waals surface area contributed by atoms with Crippen LogP contribution >= 0.6 is 24.4 Å². The zero-order valence-corrected chi connectivity index (χ0v) is 27.2. The topological polar surface area (TPSA) is 48.1 Å². The van der Waals surface area contributed by atoms with Crippen molar-refractivity contribution in [3.05, 3.63) is 0 Å². The summed E-state index contributed by atoms with van der Waals surface area (Å²) in [7, 11) is 0. The fourth-order valence-electron chi connectivity index (χ4n) is 11.6. The smallest absolute Gasteiger partial charge is 0.166 e. The quantitative estimate of drug-likeness (QED) is 0.133. The highest BCUT2D eigenvalue weighted by molar-refractivity contribution is 7.80. The van der Waals surface area contributed by atoms with E-state index in [1.54, 1.807) is 0 Å². The minimum atomic E-state index is 0.512. The summed E-state index contributed by atoms with van der Waals surface area (Å²) < 4.78 is 0. The molecule has 8 aliphatic rings. The average Bonchev–Trinajstić information content (AvgIpc) is 2.88. The molecule has 4 N–H and O–H groups in total. The zero-order valence-electron chi connectivity index (χ0n) is 25.6. The lowest BCUT2D eigenvalue weighted by atomic mass is 9.48. The molecule has 0 radical (unpaired) electrons. The molecule has 4 nitrogen and oxygen atoms in total. The largest absolute Gasteiger partial charge is 0.363 e. The molecule has 226 valence electrons. The number of thiocarbonyl (C=S) groups is 2. The highest BCUT2D eigenvalue weighted by atomic mass is 32.1. The molecule has 0 heterocycles. The van der Waals surface area contributed by atoms with Crippen LogP contribution in [0.5, 0.6) is 0 Å². The van der Waals surface area contributed by atoms with Gasteiger partial charge in [-0.15, -0.1) is 0 Å². The van der Waals surface area contributed by atoms with Crippen molar-refractivity contribution in [1.29, 1.82) is 0 Å². The summed E-state index contributed by atoms with van der Waals surface area (Å²) in [4.78, 5) is 0. The number of hydrogen-bond acceptors (Lipinski definition) is 2. The van der Waals surface area contributed by atoms with Crippen molar-refractivity contribution >= 4 is 34.7 Å². The van der Waals surface area contributed by atoms with Crippen LogP contribution in [0.1, 0.15) is 129 Å². The van der Waals surface area contributed by atoms with Gasteiger partial charge in [-0.25, -0.2) is 0 Å². The maximum Gasteiger partial charge on any atom is 0.166 e. The van der Waals surface area contributed by atoms with Gasteiger partial charge in [0.25, 0.3) is 0 Å². The molecule has 8 saturated carbocycles.